The summed E-state index contributed by atoms with van der Waals surface area (Å²) in [7, 11) is 0. The Morgan fingerprint density at radius 1 is 1.17 bits per heavy atom. The Hall–Kier alpha value is -3.63. The molecule has 3 aromatic rings. The van der Waals surface area contributed by atoms with Crippen LogP contribution in [0.1, 0.15) is 24.3 Å². The molecule has 0 aliphatic rings. The van der Waals surface area contributed by atoms with Crippen molar-refractivity contribution < 1.29 is 14.4 Å². The van der Waals surface area contributed by atoms with Gasteiger partial charge in [0, 0.05) is 6.92 Å². The van der Waals surface area contributed by atoms with E-state index in [1.165, 1.54) is 18.3 Å². The molecule has 1 heterocycles. The standard InChI is InChI=1S/C22H19N3O3S/c1-16(25-17(2)26)8-13-21-15-23-22(29-21)27-19-11-9-18(10-12-19)14-24-28-20-6-4-3-5-7-20/h3-7,9-12,14-16H,1-2H3,(H,25,26)/b24-14+. The maximum atomic E-state index is 11.0. The Kier molecular flexibility index (Phi) is 6.98. The van der Waals surface area contributed by atoms with Gasteiger partial charge in [-0.1, -0.05) is 46.5 Å². The first-order chi connectivity index (χ1) is 14.1. The molecular formula is C22H19N3O3S. The number of carbonyl (C=O) groups excluding carboxylic acids is 1. The molecule has 0 saturated carbocycles. The molecule has 1 amide bonds. The van der Waals surface area contributed by atoms with Crippen LogP contribution in [-0.4, -0.2) is 23.1 Å². The third kappa shape index (κ3) is 6.79. The molecule has 1 aromatic heterocycles. The molecule has 0 aliphatic carbocycles. The van der Waals surface area contributed by atoms with E-state index in [2.05, 4.69) is 27.3 Å². The van der Waals surface area contributed by atoms with Crippen LogP contribution in [0.4, 0.5) is 0 Å². The van der Waals surface area contributed by atoms with Gasteiger partial charge in [0.15, 0.2) is 5.75 Å². The summed E-state index contributed by atoms with van der Waals surface area (Å²) in [5.41, 5.74) is 0.880. The van der Waals surface area contributed by atoms with Crippen molar-refractivity contribution in [2.75, 3.05) is 0 Å². The highest BCUT2D eigenvalue weighted by Gasteiger charge is 2.04. The summed E-state index contributed by atoms with van der Waals surface area (Å²) in [5.74, 6) is 7.16. The van der Waals surface area contributed by atoms with E-state index >= 15 is 0 Å². The van der Waals surface area contributed by atoms with E-state index in [0.717, 1.165) is 10.4 Å². The van der Waals surface area contributed by atoms with Gasteiger partial charge >= 0.3 is 0 Å². The number of nitrogens with one attached hydrogen (secondary N) is 1. The average molecular weight is 405 g/mol. The van der Waals surface area contributed by atoms with Crippen LogP contribution in [0.3, 0.4) is 0 Å². The summed E-state index contributed by atoms with van der Waals surface area (Å²) in [6.07, 6.45) is 3.28. The molecule has 146 valence electrons. The molecular weight excluding hydrogens is 386 g/mol. The van der Waals surface area contributed by atoms with Crippen LogP contribution in [0.2, 0.25) is 0 Å². The van der Waals surface area contributed by atoms with Crippen molar-refractivity contribution >= 4 is 23.5 Å². The van der Waals surface area contributed by atoms with Crippen molar-refractivity contribution in [3.8, 4) is 28.5 Å². The van der Waals surface area contributed by atoms with Crippen LogP contribution in [0.5, 0.6) is 16.7 Å². The molecule has 29 heavy (non-hydrogen) atoms. The third-order valence-corrected chi connectivity index (χ3v) is 4.30. The second-order valence-corrected chi connectivity index (χ2v) is 6.99. The zero-order chi connectivity index (χ0) is 20.5. The SMILES string of the molecule is CC(=O)NC(C)C#Cc1cnc(Oc2ccc(/C=N/Oc3ccccc3)cc2)s1. The molecule has 0 saturated heterocycles. The van der Waals surface area contributed by atoms with Crippen LogP contribution < -0.4 is 14.9 Å². The number of thiazole rings is 1. The number of aromatic nitrogens is 1. The normalized spacial score (nSPS) is 11.4. The Labute approximate surface area is 173 Å². The lowest BCUT2D eigenvalue weighted by molar-refractivity contribution is -0.119. The van der Waals surface area contributed by atoms with E-state index in [4.69, 9.17) is 9.57 Å². The maximum Gasteiger partial charge on any atom is 0.279 e. The van der Waals surface area contributed by atoms with Gasteiger partial charge in [0.25, 0.3) is 5.19 Å². The minimum atomic E-state index is -0.223. The van der Waals surface area contributed by atoms with Crippen LogP contribution in [0, 0.1) is 11.8 Å². The Bertz CT molecular complexity index is 1030. The fourth-order valence-electron chi connectivity index (χ4n) is 2.24. The summed E-state index contributed by atoms with van der Waals surface area (Å²) in [5, 5.41) is 7.17. The zero-order valence-corrected chi connectivity index (χ0v) is 16.8. The Balaban J connectivity index is 1.54. The summed E-state index contributed by atoms with van der Waals surface area (Å²) in [4.78, 5) is 21.3. The molecule has 0 aliphatic heterocycles. The van der Waals surface area contributed by atoms with Crippen molar-refractivity contribution in [3.63, 3.8) is 0 Å². The lowest BCUT2D eigenvalue weighted by atomic mass is 10.2. The Morgan fingerprint density at radius 2 is 1.93 bits per heavy atom. The van der Waals surface area contributed by atoms with Gasteiger partial charge in [-0.3, -0.25) is 4.79 Å². The maximum absolute atomic E-state index is 11.0. The molecule has 6 nitrogen and oxygen atoms in total. The van der Waals surface area contributed by atoms with Gasteiger partial charge in [0.2, 0.25) is 5.91 Å². The largest absolute Gasteiger partial charge is 0.431 e. The number of carbonyl (C=O) groups is 1. The van der Waals surface area contributed by atoms with E-state index in [9.17, 15) is 4.79 Å². The second kappa shape index (κ2) is 10.1. The molecule has 0 bridgehead atoms. The summed E-state index contributed by atoms with van der Waals surface area (Å²) in [6.45, 7) is 3.28. The first-order valence-corrected chi connectivity index (χ1v) is 9.68. The number of rotatable bonds is 6. The van der Waals surface area contributed by atoms with Gasteiger partial charge in [-0.2, -0.15) is 0 Å². The van der Waals surface area contributed by atoms with Crippen LogP contribution >= 0.6 is 11.3 Å². The van der Waals surface area contributed by atoms with E-state index in [1.807, 2.05) is 61.5 Å². The minimum absolute atomic E-state index is 0.111. The predicted molar refractivity (Wildman–Crippen MR) is 113 cm³/mol. The van der Waals surface area contributed by atoms with Gasteiger partial charge in [0.05, 0.1) is 18.5 Å². The van der Waals surface area contributed by atoms with E-state index in [1.54, 1.807) is 12.4 Å². The summed E-state index contributed by atoms with van der Waals surface area (Å²) in [6, 6.07) is 16.5. The van der Waals surface area contributed by atoms with Gasteiger partial charge < -0.3 is 14.9 Å². The van der Waals surface area contributed by atoms with E-state index < -0.39 is 0 Å². The molecule has 3 rings (SSSR count). The molecule has 1 unspecified atom stereocenters. The minimum Gasteiger partial charge on any atom is -0.431 e. The molecule has 1 N–H and O–H groups in total. The quantitative estimate of drug-likeness (QED) is 0.379. The first kappa shape index (κ1) is 20.1. The number of nitrogens with zero attached hydrogens (tertiary/aromatic N) is 2. The molecule has 0 spiro atoms. The topological polar surface area (TPSA) is 72.8 Å². The van der Waals surface area contributed by atoms with Crippen molar-refractivity contribution in [1.82, 2.24) is 10.3 Å². The molecule has 0 radical (unpaired) electrons. The average Bonchev–Trinajstić information content (AvgIpc) is 3.15. The number of para-hydroxylation sites is 1. The third-order valence-electron chi connectivity index (χ3n) is 3.50. The van der Waals surface area contributed by atoms with Crippen molar-refractivity contribution in [1.29, 1.82) is 0 Å². The van der Waals surface area contributed by atoms with Crippen LogP contribution in [-0.2, 0) is 4.79 Å². The van der Waals surface area contributed by atoms with Crippen molar-refractivity contribution in [2.45, 2.75) is 19.9 Å². The molecule has 2 aromatic carbocycles. The number of amides is 1. The van der Waals surface area contributed by atoms with Gasteiger partial charge in [-0.25, -0.2) is 4.98 Å². The number of hydrogen-bond acceptors (Lipinski definition) is 6. The second-order valence-electron chi connectivity index (χ2n) is 5.99. The number of ether oxygens (including phenoxy) is 1. The van der Waals surface area contributed by atoms with Crippen molar-refractivity contribution in [3.05, 3.63) is 71.2 Å². The lowest BCUT2D eigenvalue weighted by Gasteiger charge is -2.02. The highest BCUT2D eigenvalue weighted by atomic mass is 32.1. The highest BCUT2D eigenvalue weighted by molar-refractivity contribution is 7.13. The number of benzene rings is 2. The molecule has 0 fully saturated rings. The van der Waals surface area contributed by atoms with Gasteiger partial charge in [0.1, 0.15) is 10.6 Å². The van der Waals surface area contributed by atoms with E-state index in [0.29, 0.717) is 16.7 Å². The van der Waals surface area contributed by atoms with Crippen LogP contribution in [0.15, 0.2) is 65.9 Å². The fourth-order valence-corrected chi connectivity index (χ4v) is 2.88. The molecule has 1 atom stereocenters. The summed E-state index contributed by atoms with van der Waals surface area (Å²) >= 11 is 1.34. The monoisotopic (exact) mass is 405 g/mol. The highest BCUT2D eigenvalue weighted by Crippen LogP contribution is 2.26. The smallest absolute Gasteiger partial charge is 0.279 e. The van der Waals surface area contributed by atoms with Crippen molar-refractivity contribution in [2.24, 2.45) is 5.16 Å². The molecule has 7 heteroatoms. The zero-order valence-electron chi connectivity index (χ0n) is 16.0. The van der Waals surface area contributed by atoms with Crippen LogP contribution in [0.25, 0.3) is 0 Å². The predicted octanol–water partition coefficient (Wildman–Crippen LogP) is 4.22. The van der Waals surface area contributed by atoms with Gasteiger partial charge in [-0.15, -0.1) is 0 Å². The summed E-state index contributed by atoms with van der Waals surface area (Å²) < 4.78 is 5.75. The van der Waals surface area contributed by atoms with Gasteiger partial charge in [-0.05, 0) is 48.9 Å². The first-order valence-electron chi connectivity index (χ1n) is 8.86. The number of hydrogen-bond donors (Lipinski definition) is 1. The van der Waals surface area contributed by atoms with E-state index in [-0.39, 0.29) is 11.9 Å². The number of oxime groups is 1. The lowest BCUT2D eigenvalue weighted by Crippen LogP contribution is -2.28. The Morgan fingerprint density at radius 3 is 2.66 bits per heavy atom. The fraction of sp³-hybridized carbons (Fsp3) is 0.136.